The van der Waals surface area contributed by atoms with Crippen molar-refractivity contribution in [2.75, 3.05) is 6.54 Å². The largest absolute Gasteiger partial charge is 0.335 e. The zero-order valence-corrected chi connectivity index (χ0v) is 13.5. The molecule has 1 aromatic carbocycles. The Kier molecular flexibility index (Phi) is 8.40. The average Bonchev–Trinajstić information content (AvgIpc) is 3.30. The normalized spacial score (nSPS) is 13.6. The number of nitrogens with two attached hydrogens (primary N) is 1. The van der Waals surface area contributed by atoms with E-state index in [1.807, 2.05) is 18.2 Å². The second-order valence-electron chi connectivity index (χ2n) is 5.69. The molecule has 21 heavy (non-hydrogen) atoms. The van der Waals surface area contributed by atoms with Gasteiger partial charge in [-0.2, -0.15) is 0 Å². The van der Waals surface area contributed by atoms with E-state index in [1.54, 1.807) is 0 Å². The first-order chi connectivity index (χ1) is 9.81. The van der Waals surface area contributed by atoms with E-state index in [4.69, 9.17) is 5.73 Å². The van der Waals surface area contributed by atoms with Crippen LogP contribution in [0.1, 0.15) is 50.5 Å². The lowest BCUT2D eigenvalue weighted by Crippen LogP contribution is -2.32. The summed E-state index contributed by atoms with van der Waals surface area (Å²) in [6, 6.07) is 10.8. The molecule has 0 atom stereocenters. The second-order valence-corrected chi connectivity index (χ2v) is 5.69. The van der Waals surface area contributed by atoms with Crippen molar-refractivity contribution in [1.29, 1.82) is 0 Å². The fourth-order valence-electron chi connectivity index (χ4n) is 2.50. The van der Waals surface area contributed by atoms with Gasteiger partial charge in [0.15, 0.2) is 0 Å². The number of nitrogens with zero attached hydrogens (tertiary/aromatic N) is 1. The van der Waals surface area contributed by atoms with Gasteiger partial charge < -0.3 is 10.6 Å². The van der Waals surface area contributed by atoms with Gasteiger partial charge >= 0.3 is 0 Å². The maximum absolute atomic E-state index is 12.4. The molecular weight excluding hydrogens is 284 g/mol. The van der Waals surface area contributed by atoms with E-state index in [1.165, 1.54) is 18.4 Å². The molecule has 2 rings (SSSR count). The molecule has 0 radical (unpaired) electrons. The molecule has 0 saturated heterocycles. The molecule has 1 aromatic rings. The minimum Gasteiger partial charge on any atom is -0.335 e. The number of amides is 1. The van der Waals surface area contributed by atoms with E-state index in [-0.39, 0.29) is 12.4 Å². The highest BCUT2D eigenvalue weighted by molar-refractivity contribution is 5.85. The highest BCUT2D eigenvalue weighted by Gasteiger charge is 2.31. The van der Waals surface area contributed by atoms with Gasteiger partial charge in [-0.25, -0.2) is 0 Å². The summed E-state index contributed by atoms with van der Waals surface area (Å²) in [4.78, 5) is 14.4. The minimum absolute atomic E-state index is 0. The zero-order valence-electron chi connectivity index (χ0n) is 12.7. The second kappa shape index (κ2) is 9.80. The Labute approximate surface area is 134 Å². The molecule has 4 heteroatoms. The SMILES string of the molecule is Cl.NCCCCCCC(=O)N(Cc1ccccc1)C1CC1. The van der Waals surface area contributed by atoms with Gasteiger partial charge in [-0.3, -0.25) is 4.79 Å². The van der Waals surface area contributed by atoms with Gasteiger partial charge in [0.25, 0.3) is 0 Å². The molecule has 1 aliphatic rings. The molecule has 0 heterocycles. The summed E-state index contributed by atoms with van der Waals surface area (Å²) in [5.74, 6) is 0.323. The number of carbonyl (C=O) groups excluding carboxylic acids is 1. The van der Waals surface area contributed by atoms with Crippen LogP contribution in [0.15, 0.2) is 30.3 Å². The Morgan fingerprint density at radius 2 is 1.76 bits per heavy atom. The van der Waals surface area contributed by atoms with Crippen LogP contribution < -0.4 is 5.73 Å². The predicted molar refractivity (Wildman–Crippen MR) is 89.4 cm³/mol. The van der Waals surface area contributed by atoms with Gasteiger partial charge in [0.05, 0.1) is 0 Å². The number of hydrogen-bond acceptors (Lipinski definition) is 2. The monoisotopic (exact) mass is 310 g/mol. The summed E-state index contributed by atoms with van der Waals surface area (Å²) in [6.07, 6.45) is 7.37. The van der Waals surface area contributed by atoms with E-state index in [0.717, 1.165) is 38.8 Å². The van der Waals surface area contributed by atoms with Crippen molar-refractivity contribution in [3.05, 3.63) is 35.9 Å². The van der Waals surface area contributed by atoms with Crippen LogP contribution in [0.2, 0.25) is 0 Å². The first-order valence-corrected chi connectivity index (χ1v) is 7.84. The fraction of sp³-hybridized carbons (Fsp3) is 0.588. The Morgan fingerprint density at radius 3 is 2.38 bits per heavy atom. The molecule has 3 nitrogen and oxygen atoms in total. The Bertz CT molecular complexity index is 407. The van der Waals surface area contributed by atoms with Crippen LogP contribution in [-0.4, -0.2) is 23.4 Å². The van der Waals surface area contributed by atoms with Crippen LogP contribution in [0, 0.1) is 0 Å². The van der Waals surface area contributed by atoms with Gasteiger partial charge in [0.1, 0.15) is 0 Å². The molecule has 1 aliphatic carbocycles. The molecule has 0 aromatic heterocycles. The van der Waals surface area contributed by atoms with Gasteiger partial charge in [-0.15, -0.1) is 12.4 Å². The Hall–Kier alpha value is -1.06. The van der Waals surface area contributed by atoms with Crippen LogP contribution in [0.25, 0.3) is 0 Å². The van der Waals surface area contributed by atoms with E-state index < -0.39 is 0 Å². The third-order valence-electron chi connectivity index (χ3n) is 3.85. The first-order valence-electron chi connectivity index (χ1n) is 7.84. The van der Waals surface area contributed by atoms with Gasteiger partial charge in [0.2, 0.25) is 5.91 Å². The topological polar surface area (TPSA) is 46.3 Å². The van der Waals surface area contributed by atoms with Crippen LogP contribution in [0.3, 0.4) is 0 Å². The standard InChI is InChI=1S/C17H26N2O.ClH/c18-13-7-2-1-6-10-17(20)19(16-11-12-16)14-15-8-4-3-5-9-15;/h3-5,8-9,16H,1-2,6-7,10-14,18H2;1H. The molecular formula is C17H27ClN2O. The number of unbranched alkanes of at least 4 members (excludes halogenated alkanes) is 3. The lowest BCUT2D eigenvalue weighted by molar-refractivity contribution is -0.132. The first kappa shape index (κ1) is 18.0. The van der Waals surface area contributed by atoms with Crippen molar-refractivity contribution in [2.45, 2.75) is 57.5 Å². The quantitative estimate of drug-likeness (QED) is 0.709. The number of benzene rings is 1. The predicted octanol–water partition coefficient (Wildman–Crippen LogP) is 3.51. The highest BCUT2D eigenvalue weighted by atomic mass is 35.5. The Morgan fingerprint density at radius 1 is 1.10 bits per heavy atom. The molecule has 118 valence electrons. The minimum atomic E-state index is 0. The molecule has 0 bridgehead atoms. The summed E-state index contributed by atoms with van der Waals surface area (Å²) in [5.41, 5.74) is 6.71. The lowest BCUT2D eigenvalue weighted by Gasteiger charge is -2.22. The van der Waals surface area contributed by atoms with E-state index in [9.17, 15) is 4.79 Å². The van der Waals surface area contributed by atoms with Crippen molar-refractivity contribution < 1.29 is 4.79 Å². The third-order valence-corrected chi connectivity index (χ3v) is 3.85. The summed E-state index contributed by atoms with van der Waals surface area (Å²) in [7, 11) is 0. The third kappa shape index (κ3) is 6.49. The summed E-state index contributed by atoms with van der Waals surface area (Å²) in [6.45, 7) is 1.53. The number of rotatable bonds is 9. The van der Waals surface area contributed by atoms with E-state index >= 15 is 0 Å². The van der Waals surface area contributed by atoms with Gasteiger partial charge in [-0.05, 0) is 37.8 Å². The molecule has 1 saturated carbocycles. The summed E-state index contributed by atoms with van der Waals surface area (Å²) < 4.78 is 0. The van der Waals surface area contributed by atoms with Crippen molar-refractivity contribution in [3.63, 3.8) is 0 Å². The van der Waals surface area contributed by atoms with Crippen molar-refractivity contribution in [1.82, 2.24) is 4.90 Å². The fourth-order valence-corrected chi connectivity index (χ4v) is 2.50. The van der Waals surface area contributed by atoms with Gasteiger partial charge in [-0.1, -0.05) is 43.2 Å². The lowest BCUT2D eigenvalue weighted by atomic mass is 10.1. The number of hydrogen-bond donors (Lipinski definition) is 1. The average molecular weight is 311 g/mol. The van der Waals surface area contributed by atoms with Crippen molar-refractivity contribution in [2.24, 2.45) is 5.73 Å². The smallest absolute Gasteiger partial charge is 0.223 e. The van der Waals surface area contributed by atoms with Crippen molar-refractivity contribution >= 4 is 18.3 Å². The molecule has 0 aliphatic heterocycles. The van der Waals surface area contributed by atoms with Crippen LogP contribution in [0.4, 0.5) is 0 Å². The van der Waals surface area contributed by atoms with Crippen LogP contribution >= 0.6 is 12.4 Å². The molecule has 1 fully saturated rings. The highest BCUT2D eigenvalue weighted by Crippen LogP contribution is 2.29. The van der Waals surface area contributed by atoms with E-state index in [0.29, 0.717) is 18.4 Å². The summed E-state index contributed by atoms with van der Waals surface area (Å²) >= 11 is 0. The van der Waals surface area contributed by atoms with Crippen molar-refractivity contribution in [3.8, 4) is 0 Å². The van der Waals surface area contributed by atoms with Gasteiger partial charge in [0, 0.05) is 19.0 Å². The number of halogens is 1. The maximum atomic E-state index is 12.4. The van der Waals surface area contributed by atoms with E-state index in [2.05, 4.69) is 17.0 Å². The molecule has 0 spiro atoms. The maximum Gasteiger partial charge on any atom is 0.223 e. The molecule has 1 amide bonds. The Balaban J connectivity index is 0.00000220. The molecule has 0 unspecified atom stereocenters. The van der Waals surface area contributed by atoms with Crippen LogP contribution in [-0.2, 0) is 11.3 Å². The summed E-state index contributed by atoms with van der Waals surface area (Å²) in [5, 5.41) is 0. The number of carbonyl (C=O) groups is 1. The zero-order chi connectivity index (χ0) is 14.2. The molecule has 2 N–H and O–H groups in total. The van der Waals surface area contributed by atoms with Crippen LogP contribution in [0.5, 0.6) is 0 Å².